The number of rotatable bonds is 5. The van der Waals surface area contributed by atoms with Gasteiger partial charge in [-0.1, -0.05) is 42.0 Å². The second-order valence-electron chi connectivity index (χ2n) is 6.82. The number of esters is 1. The summed E-state index contributed by atoms with van der Waals surface area (Å²) in [5, 5.41) is 2.67. The fourth-order valence-electron chi connectivity index (χ4n) is 3.13. The normalized spacial score (nSPS) is 14.1. The van der Waals surface area contributed by atoms with E-state index in [2.05, 4.69) is 4.98 Å². The van der Waals surface area contributed by atoms with E-state index in [-0.39, 0.29) is 6.61 Å². The SMILES string of the molecule is Cc1ccc(-c2nc(COC(=O)[C@@H](C)N3C(=O)c4ccccc4C3=O)cs2)cc1. The van der Waals surface area contributed by atoms with E-state index in [9.17, 15) is 14.4 Å². The van der Waals surface area contributed by atoms with Crippen molar-refractivity contribution in [3.63, 3.8) is 0 Å². The van der Waals surface area contributed by atoms with Gasteiger partial charge in [-0.25, -0.2) is 9.78 Å². The fraction of sp³-hybridized carbons (Fsp3) is 0.182. The molecule has 0 saturated heterocycles. The van der Waals surface area contributed by atoms with Gasteiger partial charge in [-0.2, -0.15) is 0 Å². The van der Waals surface area contributed by atoms with Crippen LogP contribution in [0.1, 0.15) is 38.9 Å². The molecule has 0 unspecified atom stereocenters. The highest BCUT2D eigenvalue weighted by atomic mass is 32.1. The second kappa shape index (κ2) is 7.60. The zero-order chi connectivity index (χ0) is 20.5. The van der Waals surface area contributed by atoms with E-state index >= 15 is 0 Å². The quantitative estimate of drug-likeness (QED) is 0.475. The summed E-state index contributed by atoms with van der Waals surface area (Å²) in [7, 11) is 0. The molecule has 0 aliphatic carbocycles. The summed E-state index contributed by atoms with van der Waals surface area (Å²) in [5.41, 5.74) is 3.39. The van der Waals surface area contributed by atoms with Crippen LogP contribution in [0.4, 0.5) is 0 Å². The van der Waals surface area contributed by atoms with Crippen LogP contribution in [0, 0.1) is 6.92 Å². The number of imide groups is 1. The number of thiazole rings is 1. The van der Waals surface area contributed by atoms with E-state index in [1.54, 1.807) is 24.3 Å². The summed E-state index contributed by atoms with van der Waals surface area (Å²) >= 11 is 1.47. The standard InChI is InChI=1S/C22H18N2O4S/c1-13-7-9-15(10-8-13)19-23-16(12-29-19)11-28-22(27)14(2)24-20(25)17-5-3-4-6-18(17)21(24)26/h3-10,12,14H,11H2,1-2H3/t14-/m1/s1. The number of aryl methyl sites for hydroxylation is 1. The first-order valence-electron chi connectivity index (χ1n) is 9.10. The van der Waals surface area contributed by atoms with E-state index in [4.69, 9.17) is 4.74 Å². The van der Waals surface area contributed by atoms with Crippen LogP contribution in [0.15, 0.2) is 53.9 Å². The lowest BCUT2D eigenvalue weighted by Crippen LogP contribution is -2.43. The molecule has 7 heteroatoms. The van der Waals surface area contributed by atoms with Crippen molar-refractivity contribution < 1.29 is 19.1 Å². The summed E-state index contributed by atoms with van der Waals surface area (Å²) in [5.74, 6) is -1.61. The number of ether oxygens (including phenoxy) is 1. The Morgan fingerprint density at radius 2 is 1.69 bits per heavy atom. The van der Waals surface area contributed by atoms with Crippen LogP contribution >= 0.6 is 11.3 Å². The third kappa shape index (κ3) is 3.56. The minimum atomic E-state index is -1.02. The second-order valence-corrected chi connectivity index (χ2v) is 7.68. The van der Waals surface area contributed by atoms with Gasteiger partial charge in [0.1, 0.15) is 17.7 Å². The summed E-state index contributed by atoms with van der Waals surface area (Å²) < 4.78 is 5.33. The Bertz CT molecular complexity index is 1070. The predicted molar refractivity (Wildman–Crippen MR) is 108 cm³/mol. The van der Waals surface area contributed by atoms with Crippen molar-refractivity contribution in [1.82, 2.24) is 9.88 Å². The monoisotopic (exact) mass is 406 g/mol. The number of carbonyl (C=O) groups excluding carboxylic acids is 3. The molecule has 3 aromatic rings. The molecule has 0 radical (unpaired) electrons. The molecule has 1 atom stereocenters. The highest BCUT2D eigenvalue weighted by molar-refractivity contribution is 7.13. The van der Waals surface area contributed by atoms with Crippen LogP contribution in [0.25, 0.3) is 10.6 Å². The lowest BCUT2D eigenvalue weighted by Gasteiger charge is -2.20. The van der Waals surface area contributed by atoms with Crippen LogP contribution in [0.3, 0.4) is 0 Å². The average Bonchev–Trinajstić information content (AvgIpc) is 3.30. The molecular formula is C22H18N2O4S. The molecule has 146 valence electrons. The van der Waals surface area contributed by atoms with Crippen LogP contribution in [0.5, 0.6) is 0 Å². The molecule has 2 heterocycles. The highest BCUT2D eigenvalue weighted by Gasteiger charge is 2.41. The van der Waals surface area contributed by atoms with Crippen LogP contribution in [0.2, 0.25) is 0 Å². The van der Waals surface area contributed by atoms with Gasteiger partial charge in [-0.3, -0.25) is 14.5 Å². The van der Waals surface area contributed by atoms with Gasteiger partial charge in [0.2, 0.25) is 0 Å². The van der Waals surface area contributed by atoms with Gasteiger partial charge >= 0.3 is 5.97 Å². The minimum absolute atomic E-state index is 0.0191. The van der Waals surface area contributed by atoms with E-state index in [0.717, 1.165) is 15.5 Å². The van der Waals surface area contributed by atoms with Gasteiger partial charge in [0.25, 0.3) is 11.8 Å². The van der Waals surface area contributed by atoms with Gasteiger partial charge in [0.15, 0.2) is 0 Å². The first kappa shape index (κ1) is 19.0. The van der Waals surface area contributed by atoms with E-state index in [0.29, 0.717) is 16.8 Å². The lowest BCUT2D eigenvalue weighted by atomic mass is 10.1. The molecule has 6 nitrogen and oxygen atoms in total. The molecule has 0 spiro atoms. The maximum Gasteiger partial charge on any atom is 0.329 e. The predicted octanol–water partition coefficient (Wildman–Crippen LogP) is 3.85. The third-order valence-corrected chi connectivity index (χ3v) is 5.71. The van der Waals surface area contributed by atoms with E-state index < -0.39 is 23.8 Å². The number of carbonyl (C=O) groups is 3. The Kier molecular flexibility index (Phi) is 4.98. The third-order valence-electron chi connectivity index (χ3n) is 4.77. The lowest BCUT2D eigenvalue weighted by molar-refractivity contribution is -0.149. The molecular weight excluding hydrogens is 388 g/mol. The zero-order valence-corrected chi connectivity index (χ0v) is 16.7. The van der Waals surface area contributed by atoms with Crippen molar-refractivity contribution in [2.45, 2.75) is 26.5 Å². The smallest absolute Gasteiger partial charge is 0.329 e. The van der Waals surface area contributed by atoms with Gasteiger partial charge < -0.3 is 4.74 Å². The number of fused-ring (bicyclic) bond motifs is 1. The molecule has 1 aromatic heterocycles. The van der Waals surface area contributed by atoms with Gasteiger partial charge in [-0.15, -0.1) is 11.3 Å². The Balaban J connectivity index is 1.41. The molecule has 0 saturated carbocycles. The molecule has 1 aliphatic rings. The van der Waals surface area contributed by atoms with Gasteiger partial charge in [0, 0.05) is 10.9 Å². The molecule has 4 rings (SSSR count). The van der Waals surface area contributed by atoms with Crippen molar-refractivity contribution >= 4 is 29.1 Å². The van der Waals surface area contributed by atoms with Gasteiger partial charge in [0.05, 0.1) is 16.8 Å². The number of hydrogen-bond donors (Lipinski definition) is 0. The minimum Gasteiger partial charge on any atom is -0.458 e. The topological polar surface area (TPSA) is 76.6 Å². The summed E-state index contributed by atoms with van der Waals surface area (Å²) in [6.07, 6.45) is 0. The summed E-state index contributed by atoms with van der Waals surface area (Å²) in [4.78, 5) is 42.9. The van der Waals surface area contributed by atoms with Crippen molar-refractivity contribution in [3.05, 3.63) is 76.3 Å². The average molecular weight is 406 g/mol. The van der Waals surface area contributed by atoms with E-state index in [1.807, 2.05) is 36.6 Å². The molecule has 0 N–H and O–H groups in total. The summed E-state index contributed by atoms with van der Waals surface area (Å²) in [6, 6.07) is 13.5. The maximum absolute atomic E-state index is 12.5. The first-order valence-corrected chi connectivity index (χ1v) is 9.98. The highest BCUT2D eigenvalue weighted by Crippen LogP contribution is 2.26. The molecule has 0 bridgehead atoms. The Labute approximate surface area is 171 Å². The van der Waals surface area contributed by atoms with Crippen LogP contribution in [-0.4, -0.2) is 33.7 Å². The van der Waals surface area contributed by atoms with Crippen molar-refractivity contribution in [2.75, 3.05) is 0 Å². The van der Waals surface area contributed by atoms with Crippen molar-refractivity contribution in [2.24, 2.45) is 0 Å². The number of nitrogens with zero attached hydrogens (tertiary/aromatic N) is 2. The molecule has 1 aliphatic heterocycles. The van der Waals surface area contributed by atoms with Crippen LogP contribution in [-0.2, 0) is 16.1 Å². The molecule has 0 fully saturated rings. The van der Waals surface area contributed by atoms with Crippen molar-refractivity contribution in [3.8, 4) is 10.6 Å². The fourth-order valence-corrected chi connectivity index (χ4v) is 3.94. The molecule has 2 aromatic carbocycles. The Morgan fingerprint density at radius 3 is 2.31 bits per heavy atom. The van der Waals surface area contributed by atoms with Crippen molar-refractivity contribution in [1.29, 1.82) is 0 Å². The Hall–Kier alpha value is -3.32. The molecule has 29 heavy (non-hydrogen) atoms. The summed E-state index contributed by atoms with van der Waals surface area (Å²) in [6.45, 7) is 3.49. The zero-order valence-electron chi connectivity index (χ0n) is 15.9. The van der Waals surface area contributed by atoms with Gasteiger partial charge in [-0.05, 0) is 26.0 Å². The Morgan fingerprint density at radius 1 is 1.07 bits per heavy atom. The number of hydrogen-bond acceptors (Lipinski definition) is 6. The van der Waals surface area contributed by atoms with Crippen LogP contribution < -0.4 is 0 Å². The number of amides is 2. The first-order chi connectivity index (χ1) is 14.0. The maximum atomic E-state index is 12.5. The van der Waals surface area contributed by atoms with E-state index in [1.165, 1.54) is 23.8 Å². The number of benzene rings is 2. The molecule has 2 amide bonds. The number of aromatic nitrogens is 1. The largest absolute Gasteiger partial charge is 0.458 e.